The molecule has 2 aliphatic rings. The van der Waals surface area contributed by atoms with Crippen LogP contribution in [-0.2, 0) is 25.7 Å². The number of aryl methyl sites for hydroxylation is 2. The molecule has 0 unspecified atom stereocenters. The maximum absolute atomic E-state index is 12.7. The summed E-state index contributed by atoms with van der Waals surface area (Å²) in [4.78, 5) is 49.4. The van der Waals surface area contributed by atoms with E-state index >= 15 is 0 Å². The monoisotopic (exact) mass is 500 g/mol. The van der Waals surface area contributed by atoms with Crippen LogP contribution in [0.15, 0.2) is 46.0 Å². The van der Waals surface area contributed by atoms with Gasteiger partial charge in [0.25, 0.3) is 11.8 Å². The van der Waals surface area contributed by atoms with Crippen LogP contribution in [0.4, 0.5) is 0 Å². The van der Waals surface area contributed by atoms with Gasteiger partial charge in [-0.05, 0) is 49.2 Å². The van der Waals surface area contributed by atoms with E-state index in [-0.39, 0.29) is 30.4 Å². The largest absolute Gasteiger partial charge is 0.486 e. The van der Waals surface area contributed by atoms with Crippen LogP contribution in [-0.4, -0.2) is 57.5 Å². The fourth-order valence-electron chi connectivity index (χ4n) is 3.73. The van der Waals surface area contributed by atoms with Crippen LogP contribution in [0.1, 0.15) is 34.4 Å². The molecule has 2 N–H and O–H groups in total. The Balaban J connectivity index is 1.38. The summed E-state index contributed by atoms with van der Waals surface area (Å²) in [5.74, 6) is -1.61. The first-order valence-corrected chi connectivity index (χ1v) is 11.8. The summed E-state index contributed by atoms with van der Waals surface area (Å²) in [5.41, 5.74) is 2.36. The molecule has 0 bridgehead atoms. The Kier molecular flexibility index (Phi) is 6.88. The molecule has 0 radical (unpaired) electrons. The minimum Gasteiger partial charge on any atom is -0.486 e. The summed E-state index contributed by atoms with van der Waals surface area (Å²) in [6.45, 7) is 5.13. The Morgan fingerprint density at radius 3 is 2.63 bits per heavy atom. The van der Waals surface area contributed by atoms with Crippen LogP contribution in [0.5, 0.6) is 5.75 Å². The number of nitrogens with one attached hydrogen (secondary N) is 1. The zero-order valence-corrected chi connectivity index (χ0v) is 20.1. The van der Waals surface area contributed by atoms with Gasteiger partial charge >= 0.3 is 11.9 Å². The Bertz CT molecular complexity index is 1230. The van der Waals surface area contributed by atoms with E-state index in [0.29, 0.717) is 17.1 Å². The number of amides is 2. The lowest BCUT2D eigenvalue weighted by Gasteiger charge is -2.49. The van der Waals surface area contributed by atoms with Crippen molar-refractivity contribution in [1.29, 1.82) is 0 Å². The average Bonchev–Trinajstić information content (AvgIpc) is 3.30. The summed E-state index contributed by atoms with van der Waals surface area (Å²) >= 11 is 1.28. The highest BCUT2D eigenvalue weighted by Crippen LogP contribution is 2.40. The lowest BCUT2D eigenvalue weighted by molar-refractivity contribution is -0.149. The van der Waals surface area contributed by atoms with E-state index in [0.717, 1.165) is 16.0 Å². The zero-order valence-electron chi connectivity index (χ0n) is 19.3. The summed E-state index contributed by atoms with van der Waals surface area (Å²) < 4.78 is 16.2. The summed E-state index contributed by atoms with van der Waals surface area (Å²) in [7, 11) is 0. The minimum absolute atomic E-state index is 0.0142. The molecular weight excluding hydrogens is 476 g/mol. The number of benzene rings is 1. The van der Waals surface area contributed by atoms with Crippen molar-refractivity contribution in [1.82, 2.24) is 10.2 Å². The standard InChI is InChI=1S/C24H24N2O8S/c1-12-4-5-16(8-13(12)2)33-10-17-6-7-18(34-17)21(28)25-19-22(29)26-20(24(30)31)15(9-32-14(3)27)11-35-23(19)26/h4-8,19,23H,9-11H2,1-3H3,(H,25,28)(H,30,31)/t19-,23-/m1/s1. The van der Waals surface area contributed by atoms with Gasteiger partial charge < -0.3 is 24.3 Å². The molecule has 2 amide bonds. The number of thioether (sulfide) groups is 1. The molecule has 2 atom stereocenters. The van der Waals surface area contributed by atoms with Gasteiger partial charge in [0.15, 0.2) is 5.76 Å². The Morgan fingerprint density at radius 1 is 1.17 bits per heavy atom. The number of β-lactam (4-membered cyclic amide) rings is 1. The molecule has 4 rings (SSSR count). The topological polar surface area (TPSA) is 135 Å². The number of hydrogen-bond acceptors (Lipinski definition) is 8. The number of ether oxygens (including phenoxy) is 2. The van der Waals surface area contributed by atoms with Crippen molar-refractivity contribution in [2.45, 2.75) is 38.8 Å². The third-order valence-electron chi connectivity index (χ3n) is 5.73. The van der Waals surface area contributed by atoms with Crippen molar-refractivity contribution in [3.63, 3.8) is 0 Å². The van der Waals surface area contributed by atoms with E-state index in [4.69, 9.17) is 13.9 Å². The second kappa shape index (κ2) is 9.87. The van der Waals surface area contributed by atoms with Gasteiger partial charge in [0.2, 0.25) is 0 Å². The van der Waals surface area contributed by atoms with Crippen molar-refractivity contribution < 1.29 is 38.2 Å². The molecule has 2 aromatic rings. The van der Waals surface area contributed by atoms with E-state index in [2.05, 4.69) is 5.32 Å². The molecule has 2 aliphatic heterocycles. The van der Waals surface area contributed by atoms with Crippen LogP contribution in [0, 0.1) is 13.8 Å². The van der Waals surface area contributed by atoms with Gasteiger partial charge in [-0.15, -0.1) is 11.8 Å². The van der Waals surface area contributed by atoms with Gasteiger partial charge in [-0.3, -0.25) is 19.3 Å². The molecule has 0 spiro atoms. The molecule has 3 heterocycles. The van der Waals surface area contributed by atoms with Crippen molar-refractivity contribution >= 4 is 35.5 Å². The molecule has 35 heavy (non-hydrogen) atoms. The fraction of sp³-hybridized carbons (Fsp3) is 0.333. The van der Waals surface area contributed by atoms with Gasteiger partial charge in [0, 0.05) is 18.2 Å². The number of carbonyl (C=O) groups excluding carboxylic acids is 3. The first-order valence-electron chi connectivity index (χ1n) is 10.8. The van der Waals surface area contributed by atoms with E-state index in [1.54, 1.807) is 6.07 Å². The smallest absolute Gasteiger partial charge is 0.352 e. The first-order chi connectivity index (χ1) is 16.7. The molecule has 1 aromatic carbocycles. The number of aliphatic carboxylic acids is 1. The van der Waals surface area contributed by atoms with E-state index in [9.17, 15) is 24.3 Å². The normalized spacial score (nSPS) is 19.1. The second-order valence-corrected chi connectivity index (χ2v) is 9.30. The fourth-order valence-corrected chi connectivity index (χ4v) is 5.06. The van der Waals surface area contributed by atoms with Crippen molar-refractivity contribution in [3.8, 4) is 5.75 Å². The third-order valence-corrected chi connectivity index (χ3v) is 7.07. The highest BCUT2D eigenvalue weighted by molar-refractivity contribution is 8.00. The number of carboxylic acid groups (broad SMARTS) is 1. The molecule has 1 fully saturated rings. The lowest BCUT2D eigenvalue weighted by Crippen LogP contribution is -2.70. The van der Waals surface area contributed by atoms with Crippen LogP contribution < -0.4 is 10.1 Å². The predicted octanol–water partition coefficient (Wildman–Crippen LogP) is 2.39. The van der Waals surface area contributed by atoms with Crippen LogP contribution in [0.25, 0.3) is 0 Å². The Hall–Kier alpha value is -3.73. The number of carboxylic acids is 1. The van der Waals surface area contributed by atoms with Gasteiger partial charge in [0.05, 0.1) is 0 Å². The minimum atomic E-state index is -1.30. The van der Waals surface area contributed by atoms with Gasteiger partial charge in [-0.2, -0.15) is 0 Å². The lowest BCUT2D eigenvalue weighted by atomic mass is 10.0. The number of furan rings is 1. The van der Waals surface area contributed by atoms with Crippen molar-refractivity contribution in [2.75, 3.05) is 12.4 Å². The van der Waals surface area contributed by atoms with E-state index in [1.165, 1.54) is 24.8 Å². The molecular formula is C24H24N2O8S. The quantitative estimate of drug-likeness (QED) is 0.414. The summed E-state index contributed by atoms with van der Waals surface area (Å²) in [5, 5.41) is 11.6. The third kappa shape index (κ3) is 5.04. The molecule has 11 heteroatoms. The SMILES string of the molecule is CC(=O)OCC1=C(C(=O)O)N2C(=O)[C@@H](NC(=O)c3ccc(COc4ccc(C)c(C)c4)o3)[C@H]2SC1. The maximum atomic E-state index is 12.7. The predicted molar refractivity (Wildman–Crippen MR) is 125 cm³/mol. The molecule has 0 aliphatic carbocycles. The van der Waals surface area contributed by atoms with E-state index in [1.807, 2.05) is 32.0 Å². The second-order valence-electron chi connectivity index (χ2n) is 8.20. The first kappa shape index (κ1) is 24.4. The van der Waals surface area contributed by atoms with Gasteiger partial charge in [-0.1, -0.05) is 6.07 Å². The number of fused-ring (bicyclic) bond motifs is 1. The van der Waals surface area contributed by atoms with Crippen molar-refractivity contribution in [3.05, 3.63) is 64.2 Å². The number of rotatable bonds is 8. The maximum Gasteiger partial charge on any atom is 0.352 e. The number of carbonyl (C=O) groups is 4. The van der Waals surface area contributed by atoms with Crippen LogP contribution in [0.3, 0.4) is 0 Å². The summed E-state index contributed by atoms with van der Waals surface area (Å²) in [6, 6.07) is 7.93. The number of hydrogen-bond donors (Lipinski definition) is 2. The highest BCUT2D eigenvalue weighted by atomic mass is 32.2. The van der Waals surface area contributed by atoms with Crippen LogP contribution in [0.2, 0.25) is 0 Å². The number of nitrogens with zero attached hydrogens (tertiary/aromatic N) is 1. The Labute approximate surface area is 205 Å². The van der Waals surface area contributed by atoms with E-state index < -0.39 is 35.2 Å². The molecule has 0 saturated carbocycles. The molecule has 10 nitrogen and oxygen atoms in total. The van der Waals surface area contributed by atoms with Crippen molar-refractivity contribution in [2.24, 2.45) is 0 Å². The Morgan fingerprint density at radius 2 is 1.94 bits per heavy atom. The summed E-state index contributed by atoms with van der Waals surface area (Å²) in [6.07, 6.45) is 0. The van der Waals surface area contributed by atoms with Gasteiger partial charge in [-0.25, -0.2) is 4.79 Å². The molecule has 1 aromatic heterocycles. The van der Waals surface area contributed by atoms with Crippen LogP contribution >= 0.6 is 11.8 Å². The highest BCUT2D eigenvalue weighted by Gasteiger charge is 2.54. The number of esters is 1. The van der Waals surface area contributed by atoms with Gasteiger partial charge in [0.1, 0.15) is 41.8 Å². The molecule has 1 saturated heterocycles. The zero-order chi connectivity index (χ0) is 25.3. The average molecular weight is 501 g/mol. The molecule has 184 valence electrons.